The first-order valence-electron chi connectivity index (χ1n) is 12.1. The van der Waals surface area contributed by atoms with Gasteiger partial charge < -0.3 is 59.2 Å². The topological polar surface area (TPSA) is 271 Å². The summed E-state index contributed by atoms with van der Waals surface area (Å²) in [6.45, 7) is 3.82. The number of alkyl carbamates (subject to hydrolysis) is 2. The smallest absolute Gasteiger partial charge is 0.407 e. The molecule has 0 aliphatic rings. The Labute approximate surface area is 213 Å². The number of hydrogen-bond donors (Lipinski definition) is 8. The molecule has 0 rings (SSSR count). The van der Waals surface area contributed by atoms with Gasteiger partial charge in [-0.05, 0) is 45.2 Å². The van der Waals surface area contributed by atoms with Crippen molar-refractivity contribution < 1.29 is 28.6 Å². The fourth-order valence-corrected chi connectivity index (χ4v) is 2.50. The van der Waals surface area contributed by atoms with E-state index in [4.69, 9.17) is 43.9 Å². The quantitative estimate of drug-likeness (QED) is 0.0476. The van der Waals surface area contributed by atoms with Crippen LogP contribution in [0.15, 0.2) is 4.99 Å². The summed E-state index contributed by atoms with van der Waals surface area (Å²) in [5, 5.41) is 5.03. The molecule has 15 nitrogen and oxygen atoms in total. The molecule has 0 spiro atoms. The van der Waals surface area contributed by atoms with Gasteiger partial charge in [-0.15, -0.1) is 0 Å². The standard InChI is InChI=1S/C17H36N8O6.C4H11N/c18-6-2-1-5-13(11-31-16(27)24-8-9-29-15(22)26)25-17(28)30-10-12(19)4-3-7-23-14(20)21;1-2-3-4-5/h12-13H,1-11,18-19H2,(H2,22,26)(H,24,27)(H,25,28)(H4,20,21,23);2-5H2,1H3. The number of nitrogens with one attached hydrogen (secondary N) is 2. The second kappa shape index (κ2) is 25.1. The van der Waals surface area contributed by atoms with Crippen LogP contribution in [0.4, 0.5) is 14.4 Å². The van der Waals surface area contributed by atoms with E-state index in [0.29, 0.717) is 32.4 Å². The summed E-state index contributed by atoms with van der Waals surface area (Å²) in [7, 11) is 0. The highest BCUT2D eigenvalue weighted by molar-refractivity contribution is 5.75. The van der Waals surface area contributed by atoms with E-state index in [-0.39, 0.29) is 38.4 Å². The number of guanidine groups is 1. The lowest BCUT2D eigenvalue weighted by Crippen LogP contribution is -2.42. The largest absolute Gasteiger partial charge is 0.448 e. The van der Waals surface area contributed by atoms with Gasteiger partial charge in [0.1, 0.15) is 19.8 Å². The molecule has 0 aliphatic heterocycles. The van der Waals surface area contributed by atoms with E-state index in [0.717, 1.165) is 19.4 Å². The zero-order valence-electron chi connectivity index (χ0n) is 21.4. The van der Waals surface area contributed by atoms with Gasteiger partial charge in [-0.2, -0.15) is 0 Å². The molecule has 0 aromatic rings. The Hall–Kier alpha value is -3.04. The number of nitrogens with two attached hydrogens (primary N) is 6. The minimum atomic E-state index is -0.939. The summed E-state index contributed by atoms with van der Waals surface area (Å²) in [6, 6.07) is -0.829. The molecule has 2 atom stereocenters. The van der Waals surface area contributed by atoms with Crippen molar-refractivity contribution in [1.29, 1.82) is 0 Å². The number of carbonyl (C=O) groups is 3. The van der Waals surface area contributed by atoms with Crippen LogP contribution in [0.2, 0.25) is 0 Å². The summed E-state index contributed by atoms with van der Waals surface area (Å²) in [6.07, 6.45) is 3.29. The third-order valence-corrected chi connectivity index (χ3v) is 4.37. The van der Waals surface area contributed by atoms with Crippen molar-refractivity contribution in [2.45, 2.75) is 64.0 Å². The molecule has 0 fully saturated rings. The molecule has 0 bridgehead atoms. The predicted octanol–water partition coefficient (Wildman–Crippen LogP) is -0.842. The molecule has 0 saturated heterocycles. The molecule has 15 heteroatoms. The van der Waals surface area contributed by atoms with Crippen molar-refractivity contribution in [3.8, 4) is 0 Å². The van der Waals surface area contributed by atoms with Crippen molar-refractivity contribution in [3.63, 3.8) is 0 Å². The Kier molecular flexibility index (Phi) is 24.5. The van der Waals surface area contributed by atoms with E-state index in [1.54, 1.807) is 0 Å². The van der Waals surface area contributed by atoms with Crippen LogP contribution in [-0.4, -0.2) is 82.3 Å². The number of amides is 3. The summed E-state index contributed by atoms with van der Waals surface area (Å²) in [4.78, 5) is 38.0. The zero-order valence-corrected chi connectivity index (χ0v) is 21.4. The van der Waals surface area contributed by atoms with Gasteiger partial charge >= 0.3 is 18.3 Å². The highest BCUT2D eigenvalue weighted by atomic mass is 16.6. The van der Waals surface area contributed by atoms with Crippen LogP contribution in [0, 0.1) is 0 Å². The number of carbonyl (C=O) groups excluding carboxylic acids is 3. The van der Waals surface area contributed by atoms with Crippen LogP contribution in [0.5, 0.6) is 0 Å². The minimum Gasteiger partial charge on any atom is -0.448 e. The summed E-state index contributed by atoms with van der Waals surface area (Å²) in [5.41, 5.74) is 31.8. The maximum atomic E-state index is 12.0. The van der Waals surface area contributed by atoms with Crippen LogP contribution in [0.3, 0.4) is 0 Å². The number of nitrogens with zero attached hydrogens (tertiary/aromatic N) is 1. The minimum absolute atomic E-state index is 0.0137. The van der Waals surface area contributed by atoms with E-state index in [2.05, 4.69) is 27.3 Å². The van der Waals surface area contributed by atoms with Crippen LogP contribution in [0.25, 0.3) is 0 Å². The van der Waals surface area contributed by atoms with Crippen molar-refractivity contribution in [2.24, 2.45) is 39.4 Å². The van der Waals surface area contributed by atoms with E-state index in [1.165, 1.54) is 12.8 Å². The Bertz CT molecular complexity index is 604. The molecule has 0 heterocycles. The first kappa shape index (κ1) is 35.1. The maximum Gasteiger partial charge on any atom is 0.407 e. The first-order valence-corrected chi connectivity index (χ1v) is 12.1. The third kappa shape index (κ3) is 27.2. The van der Waals surface area contributed by atoms with E-state index in [1.807, 2.05) is 0 Å². The van der Waals surface area contributed by atoms with Gasteiger partial charge in [0.05, 0.1) is 12.6 Å². The van der Waals surface area contributed by atoms with Crippen molar-refractivity contribution >= 4 is 24.2 Å². The number of aliphatic imine (C=N–C) groups is 1. The van der Waals surface area contributed by atoms with Crippen molar-refractivity contribution in [2.75, 3.05) is 46.0 Å². The molecule has 0 aromatic carbocycles. The fourth-order valence-electron chi connectivity index (χ4n) is 2.50. The first-order chi connectivity index (χ1) is 17.2. The number of rotatable bonds is 18. The lowest BCUT2D eigenvalue weighted by Gasteiger charge is -2.19. The second-order valence-corrected chi connectivity index (χ2v) is 7.77. The molecule has 0 radical (unpaired) electrons. The molecule has 212 valence electrons. The lowest BCUT2D eigenvalue weighted by atomic mass is 10.1. The van der Waals surface area contributed by atoms with Crippen LogP contribution >= 0.6 is 0 Å². The fraction of sp³-hybridized carbons (Fsp3) is 0.810. The average molecular weight is 522 g/mol. The molecule has 36 heavy (non-hydrogen) atoms. The Morgan fingerprint density at radius 3 is 2.08 bits per heavy atom. The highest BCUT2D eigenvalue weighted by Gasteiger charge is 2.16. The third-order valence-electron chi connectivity index (χ3n) is 4.37. The Balaban J connectivity index is 0. The predicted molar refractivity (Wildman–Crippen MR) is 138 cm³/mol. The monoisotopic (exact) mass is 521 g/mol. The lowest BCUT2D eigenvalue weighted by molar-refractivity contribution is 0.110. The Morgan fingerprint density at radius 2 is 1.53 bits per heavy atom. The molecule has 0 aromatic heterocycles. The normalized spacial score (nSPS) is 11.7. The van der Waals surface area contributed by atoms with E-state index in [9.17, 15) is 14.4 Å². The SMILES string of the molecule is CCCCN.NCCCCC(COC(=O)NCCOC(N)=O)NC(=O)OCC(N)CCCN=C(N)N. The van der Waals surface area contributed by atoms with Gasteiger partial charge in [0.25, 0.3) is 0 Å². The van der Waals surface area contributed by atoms with Gasteiger partial charge in [-0.25, -0.2) is 14.4 Å². The number of hydrogen-bond acceptors (Lipinski definition) is 10. The molecule has 0 aliphatic carbocycles. The average Bonchev–Trinajstić information content (AvgIpc) is 2.82. The molecular weight excluding hydrogens is 474 g/mol. The molecule has 0 saturated carbocycles. The number of primary amides is 1. The number of unbranched alkanes of at least 4 members (excludes halogenated alkanes) is 2. The molecule has 3 amide bonds. The van der Waals surface area contributed by atoms with Gasteiger partial charge in [-0.1, -0.05) is 19.8 Å². The molecular formula is C21H47N9O6. The summed E-state index contributed by atoms with van der Waals surface area (Å²) >= 11 is 0. The van der Waals surface area contributed by atoms with Gasteiger partial charge in [0.15, 0.2) is 5.96 Å². The van der Waals surface area contributed by atoms with E-state index < -0.39 is 24.3 Å². The van der Waals surface area contributed by atoms with Crippen LogP contribution in [-0.2, 0) is 14.2 Å². The van der Waals surface area contributed by atoms with Crippen molar-refractivity contribution in [3.05, 3.63) is 0 Å². The van der Waals surface area contributed by atoms with Gasteiger partial charge in [0.2, 0.25) is 0 Å². The Morgan fingerprint density at radius 1 is 0.861 bits per heavy atom. The van der Waals surface area contributed by atoms with E-state index >= 15 is 0 Å². The highest BCUT2D eigenvalue weighted by Crippen LogP contribution is 2.03. The summed E-state index contributed by atoms with van der Waals surface area (Å²) < 4.78 is 14.7. The maximum absolute atomic E-state index is 12.0. The van der Waals surface area contributed by atoms with Gasteiger partial charge in [-0.3, -0.25) is 4.99 Å². The molecule has 2 unspecified atom stereocenters. The summed E-state index contributed by atoms with van der Waals surface area (Å²) in [5.74, 6) is 0.0137. The van der Waals surface area contributed by atoms with Crippen molar-refractivity contribution in [1.82, 2.24) is 10.6 Å². The van der Waals surface area contributed by atoms with Gasteiger partial charge in [0, 0.05) is 12.6 Å². The van der Waals surface area contributed by atoms with Crippen LogP contribution < -0.4 is 45.0 Å². The van der Waals surface area contributed by atoms with Crippen LogP contribution in [0.1, 0.15) is 51.9 Å². The zero-order chi connectivity index (χ0) is 27.6. The molecule has 14 N–H and O–H groups in total. The second-order valence-electron chi connectivity index (χ2n) is 7.77. The number of ether oxygens (including phenoxy) is 3.